The fourth-order valence-corrected chi connectivity index (χ4v) is 7.65. The molecule has 0 atom stereocenters. The normalized spacial score (nSPS) is 19.8. The fourth-order valence-electron chi connectivity index (χ4n) is 4.19. The molecular formula is C19H27ClO4Ti. The summed E-state index contributed by atoms with van der Waals surface area (Å²) in [5.41, 5.74) is 5.98. The van der Waals surface area contributed by atoms with E-state index in [0.29, 0.717) is 12.8 Å². The minimum atomic E-state index is -2.77. The Labute approximate surface area is 163 Å². The zero-order chi connectivity index (χ0) is 17.1. The number of carbonyl (C=O) groups is 2. The van der Waals surface area contributed by atoms with Crippen molar-refractivity contribution in [1.29, 1.82) is 0 Å². The number of hydrogen-bond acceptors (Lipinski definition) is 4. The summed E-state index contributed by atoms with van der Waals surface area (Å²) in [5, 5.41) is 0. The average Bonchev–Trinajstić information content (AvgIpc) is 2.95. The van der Waals surface area contributed by atoms with Crippen LogP contribution >= 0.6 is 0 Å². The van der Waals surface area contributed by atoms with Gasteiger partial charge >= 0.3 is 151 Å². The summed E-state index contributed by atoms with van der Waals surface area (Å²) >= 11 is -2.77. The largest absolute Gasteiger partial charge is 1.00 e. The molecule has 0 amide bonds. The summed E-state index contributed by atoms with van der Waals surface area (Å²) in [4.78, 5) is 23.9. The molecule has 0 heterocycles. The zero-order valence-electron chi connectivity index (χ0n) is 15.2. The van der Waals surface area contributed by atoms with E-state index in [1.807, 2.05) is 0 Å². The molecule has 0 N–H and O–H groups in total. The molecule has 25 heavy (non-hydrogen) atoms. The number of allylic oxidation sites excluding steroid dienone is 4. The molecule has 4 nitrogen and oxygen atoms in total. The van der Waals surface area contributed by atoms with Gasteiger partial charge in [-0.25, -0.2) is 0 Å². The van der Waals surface area contributed by atoms with Gasteiger partial charge in [-0.3, -0.25) is 0 Å². The van der Waals surface area contributed by atoms with Crippen LogP contribution in [0.3, 0.4) is 0 Å². The van der Waals surface area contributed by atoms with Crippen LogP contribution in [0.4, 0.5) is 0 Å². The van der Waals surface area contributed by atoms with E-state index in [0.717, 1.165) is 25.7 Å². The Kier molecular flexibility index (Phi) is 7.78. The van der Waals surface area contributed by atoms with Crippen molar-refractivity contribution in [2.45, 2.75) is 82.3 Å². The van der Waals surface area contributed by atoms with E-state index in [2.05, 4.69) is 0 Å². The van der Waals surface area contributed by atoms with E-state index in [1.165, 1.54) is 48.0 Å². The van der Waals surface area contributed by atoms with Crippen molar-refractivity contribution in [3.63, 3.8) is 0 Å². The van der Waals surface area contributed by atoms with Crippen molar-refractivity contribution < 1.29 is 47.3 Å². The van der Waals surface area contributed by atoms with E-state index < -0.39 is 18.6 Å². The van der Waals surface area contributed by atoms with Crippen LogP contribution in [-0.2, 0) is 34.9 Å². The Bertz CT molecular complexity index is 546. The summed E-state index contributed by atoms with van der Waals surface area (Å²) in [6, 6.07) is 0. The number of carbonyl (C=O) groups excluding carboxylic acids is 2. The summed E-state index contributed by atoms with van der Waals surface area (Å²) in [6.07, 6.45) is 10.0. The topological polar surface area (TPSA) is 52.6 Å². The molecule has 0 aromatic heterocycles. The van der Waals surface area contributed by atoms with Crippen LogP contribution < -0.4 is 12.4 Å². The van der Waals surface area contributed by atoms with Crippen LogP contribution in [-0.4, -0.2) is 11.9 Å². The number of rotatable bonds is 5. The van der Waals surface area contributed by atoms with Crippen molar-refractivity contribution in [2.24, 2.45) is 0 Å². The average molecular weight is 403 g/mol. The molecule has 0 saturated heterocycles. The third-order valence-electron chi connectivity index (χ3n) is 5.32. The van der Waals surface area contributed by atoms with Gasteiger partial charge in [0, 0.05) is 0 Å². The predicted octanol–water partition coefficient (Wildman–Crippen LogP) is 1.89. The number of halogens is 1. The van der Waals surface area contributed by atoms with E-state index in [4.69, 9.17) is 6.64 Å². The molecule has 0 aromatic rings. The number of hydrogen-bond donors (Lipinski definition) is 0. The minimum Gasteiger partial charge on any atom is -1.00 e. The van der Waals surface area contributed by atoms with Gasteiger partial charge in [0.15, 0.2) is 0 Å². The zero-order valence-corrected chi connectivity index (χ0v) is 17.5. The van der Waals surface area contributed by atoms with Crippen molar-refractivity contribution in [3.05, 3.63) is 22.3 Å². The molecule has 0 aromatic carbocycles. The van der Waals surface area contributed by atoms with Gasteiger partial charge in [0.05, 0.1) is 0 Å². The Hall–Kier alpha value is -0.576. The van der Waals surface area contributed by atoms with Gasteiger partial charge in [-0.05, 0) is 0 Å². The van der Waals surface area contributed by atoms with Crippen molar-refractivity contribution in [2.75, 3.05) is 0 Å². The molecule has 3 aliphatic rings. The molecule has 0 fully saturated rings. The number of fused-ring (bicyclic) bond motifs is 1. The molecular weight excluding hydrogens is 376 g/mol. The molecule has 6 heteroatoms. The Balaban J connectivity index is 0.00000225. The quantitative estimate of drug-likeness (QED) is 0.659. The third-order valence-corrected chi connectivity index (χ3v) is 8.49. The monoisotopic (exact) mass is 402 g/mol. The van der Waals surface area contributed by atoms with Gasteiger partial charge in [0.1, 0.15) is 0 Å². The first-order valence-corrected chi connectivity index (χ1v) is 11.6. The van der Waals surface area contributed by atoms with Gasteiger partial charge in [0.25, 0.3) is 0 Å². The SMILES string of the molecule is CCC(=O)[O][Ti+]([O]C(=O)CC)[CH]1C2=C(CCCC2)C2=C1CCCC2.[Cl-]. The molecule has 138 valence electrons. The van der Waals surface area contributed by atoms with Gasteiger partial charge < -0.3 is 12.4 Å². The maximum absolute atomic E-state index is 12.0. The van der Waals surface area contributed by atoms with Crippen LogP contribution in [0.15, 0.2) is 22.3 Å². The molecule has 0 spiro atoms. The molecule has 0 unspecified atom stereocenters. The Morgan fingerprint density at radius 1 is 0.840 bits per heavy atom. The predicted molar refractivity (Wildman–Crippen MR) is 87.5 cm³/mol. The van der Waals surface area contributed by atoms with E-state index in [1.54, 1.807) is 13.8 Å². The Morgan fingerprint density at radius 3 is 1.64 bits per heavy atom. The first-order chi connectivity index (χ1) is 11.7. The maximum atomic E-state index is 12.0. The van der Waals surface area contributed by atoms with Crippen LogP contribution in [0.25, 0.3) is 0 Å². The molecule has 0 bridgehead atoms. The fraction of sp³-hybridized carbons (Fsp3) is 0.684. The summed E-state index contributed by atoms with van der Waals surface area (Å²) in [6.45, 7) is 3.59. The minimum absolute atomic E-state index is 0. The first-order valence-electron chi connectivity index (χ1n) is 9.38. The van der Waals surface area contributed by atoms with Crippen molar-refractivity contribution >= 4 is 11.9 Å². The van der Waals surface area contributed by atoms with E-state index >= 15 is 0 Å². The van der Waals surface area contributed by atoms with Crippen molar-refractivity contribution in [3.8, 4) is 0 Å². The van der Waals surface area contributed by atoms with Gasteiger partial charge in [-0.15, -0.1) is 0 Å². The second-order valence-corrected chi connectivity index (χ2v) is 9.36. The molecule has 0 radical (unpaired) electrons. The van der Waals surface area contributed by atoms with E-state index in [9.17, 15) is 9.59 Å². The molecule has 3 rings (SSSR count). The summed E-state index contributed by atoms with van der Waals surface area (Å²) in [7, 11) is 0. The van der Waals surface area contributed by atoms with Crippen molar-refractivity contribution in [1.82, 2.24) is 0 Å². The van der Waals surface area contributed by atoms with Crippen LogP contribution in [0.1, 0.15) is 78.1 Å². The molecule has 3 aliphatic carbocycles. The summed E-state index contributed by atoms with van der Waals surface area (Å²) in [5.74, 6) is -0.451. The van der Waals surface area contributed by atoms with E-state index in [-0.39, 0.29) is 28.6 Å². The second kappa shape index (κ2) is 9.39. The Morgan fingerprint density at radius 2 is 1.24 bits per heavy atom. The molecule has 0 saturated carbocycles. The van der Waals surface area contributed by atoms with Crippen LogP contribution in [0.2, 0.25) is 4.22 Å². The second-order valence-electron chi connectivity index (χ2n) is 6.83. The smallest absolute Gasteiger partial charge is 1.00 e. The first kappa shape index (κ1) is 20.7. The third kappa shape index (κ3) is 4.40. The maximum Gasteiger partial charge on any atom is -1.00 e. The molecule has 0 aliphatic heterocycles. The van der Waals surface area contributed by atoms with Crippen LogP contribution in [0.5, 0.6) is 0 Å². The van der Waals surface area contributed by atoms with Gasteiger partial charge in [0.2, 0.25) is 0 Å². The standard InChI is InChI=1S/C13H17.2C3H6O2.ClH.Ti/c1-3-7-12-10(5-1)9-11-6-2-4-8-13(11)12;2*1-2-3(4)5;;/h9H,1-8H2;2*2H2,1H3,(H,4,5);1H;/q;;;;+3/p-3. The van der Waals surface area contributed by atoms with Gasteiger partial charge in [-0.2, -0.15) is 0 Å². The summed E-state index contributed by atoms with van der Waals surface area (Å²) < 4.78 is 11.7. The van der Waals surface area contributed by atoms with Crippen LogP contribution in [0, 0.1) is 0 Å². The van der Waals surface area contributed by atoms with Gasteiger partial charge in [-0.1, -0.05) is 0 Å².